The first-order chi connectivity index (χ1) is 23.3. The maximum atomic E-state index is 13.6. The van der Waals surface area contributed by atoms with Gasteiger partial charge >= 0.3 is 12.1 Å². The van der Waals surface area contributed by atoms with Crippen molar-refractivity contribution in [1.82, 2.24) is 4.90 Å². The fourth-order valence-corrected chi connectivity index (χ4v) is 6.90. The van der Waals surface area contributed by atoms with Crippen molar-refractivity contribution in [3.05, 3.63) is 117 Å². The van der Waals surface area contributed by atoms with Crippen molar-refractivity contribution >= 4 is 41.0 Å². The van der Waals surface area contributed by atoms with Gasteiger partial charge in [-0.3, -0.25) is 9.80 Å². The van der Waals surface area contributed by atoms with Crippen LogP contribution in [0.4, 0.5) is 10.5 Å². The fraction of sp³-hybridized carbons (Fsp3) is 0.324. The van der Waals surface area contributed by atoms with Crippen molar-refractivity contribution in [3.63, 3.8) is 0 Å². The average Bonchev–Trinajstić information content (AvgIpc) is 3.12. The van der Waals surface area contributed by atoms with Crippen LogP contribution < -0.4 is 19.4 Å². The zero-order chi connectivity index (χ0) is 33.6. The number of rotatable bonds is 11. The SMILES string of the molecule is COc1ccc([C@H](Cc2c(Cl)c[nH+]cc2Cl)OC(=O)c2ccc(CN(C(=O)O[C@H]3CN4CCC3CC4)c3ccccc3)cc2)cc1OC.[OH-]. The number of para-hydroxylation sites is 1. The first-order valence-corrected chi connectivity index (χ1v) is 16.7. The van der Waals surface area contributed by atoms with E-state index in [1.807, 2.05) is 48.5 Å². The number of fused-ring (bicyclic) bond motifs is 3. The summed E-state index contributed by atoms with van der Waals surface area (Å²) in [6.45, 7) is 3.19. The number of ether oxygens (including phenoxy) is 4. The monoisotopic (exact) mass is 707 g/mol. The lowest BCUT2D eigenvalue weighted by Gasteiger charge is -2.44. The molecule has 0 spiro atoms. The number of aromatic amines is 1. The second-order valence-electron chi connectivity index (χ2n) is 12.0. The Hall–Kier alpha value is -4.35. The van der Waals surface area contributed by atoms with E-state index in [2.05, 4.69) is 9.88 Å². The highest BCUT2D eigenvalue weighted by Gasteiger charge is 2.37. The normalized spacial score (nSPS) is 18.5. The van der Waals surface area contributed by atoms with Gasteiger partial charge in [0.25, 0.3) is 0 Å². The summed E-state index contributed by atoms with van der Waals surface area (Å²) in [4.78, 5) is 34.1. The van der Waals surface area contributed by atoms with Gasteiger partial charge in [0, 0.05) is 24.2 Å². The number of aromatic nitrogens is 1. The van der Waals surface area contributed by atoms with Crippen LogP contribution in [0.15, 0.2) is 85.2 Å². The largest absolute Gasteiger partial charge is 0.870 e. The Morgan fingerprint density at radius 1 is 0.918 bits per heavy atom. The lowest BCUT2D eigenvalue weighted by Crippen LogP contribution is -2.53. The number of anilines is 1. The van der Waals surface area contributed by atoms with E-state index in [1.54, 1.807) is 55.8 Å². The maximum Gasteiger partial charge on any atom is 0.414 e. The molecule has 12 heteroatoms. The van der Waals surface area contributed by atoms with Crippen LogP contribution >= 0.6 is 23.2 Å². The van der Waals surface area contributed by atoms with Crippen LogP contribution in [0.1, 0.15) is 46.0 Å². The Morgan fingerprint density at radius 2 is 1.59 bits per heavy atom. The molecule has 7 rings (SSSR count). The highest BCUT2D eigenvalue weighted by atomic mass is 35.5. The summed E-state index contributed by atoms with van der Waals surface area (Å²) in [7, 11) is 3.10. The van der Waals surface area contributed by atoms with Crippen LogP contribution in [0, 0.1) is 5.92 Å². The van der Waals surface area contributed by atoms with Crippen LogP contribution in [0.2, 0.25) is 10.0 Å². The maximum absolute atomic E-state index is 13.6. The van der Waals surface area contributed by atoms with Gasteiger partial charge in [0.05, 0.1) is 26.3 Å². The molecule has 49 heavy (non-hydrogen) atoms. The van der Waals surface area contributed by atoms with Gasteiger partial charge in [-0.15, -0.1) is 0 Å². The number of hydrogen-bond acceptors (Lipinski definition) is 8. The fourth-order valence-electron chi connectivity index (χ4n) is 6.37. The molecule has 0 saturated carbocycles. The summed E-state index contributed by atoms with van der Waals surface area (Å²) >= 11 is 13.0. The third kappa shape index (κ3) is 8.45. The first kappa shape index (κ1) is 35.9. The molecule has 0 aliphatic carbocycles. The van der Waals surface area contributed by atoms with Gasteiger partial charge in [0.1, 0.15) is 22.3 Å². The number of carbonyl (C=O) groups is 2. The molecule has 0 radical (unpaired) electrons. The van der Waals surface area contributed by atoms with E-state index >= 15 is 0 Å². The smallest absolute Gasteiger partial charge is 0.414 e. The molecule has 1 amide bonds. The number of carbonyl (C=O) groups excluding carboxylic acids is 2. The minimum absolute atomic E-state index is 0. The number of methoxy groups -OCH3 is 2. The molecular formula is C37H39Cl2N3O7. The molecule has 2 atom stereocenters. The standard InChI is InChI=1S/C37H37Cl2N3O6.H2O/c1-45-32-13-12-27(18-34(32)46-2)33(19-29-30(38)20-40-21-31(29)39)47-36(43)26-10-8-24(9-11-26)22-42(28-6-4-3-5-7-28)37(44)48-35-23-41-16-14-25(35)15-17-41;/h3-13,18,20-21,25,33,35H,14-17,19,22-23H2,1-2H3;1H2/t33-,35-;/m0./s1. The van der Waals surface area contributed by atoms with E-state index in [1.165, 1.54) is 0 Å². The van der Waals surface area contributed by atoms with Crippen molar-refractivity contribution in [2.75, 3.05) is 38.8 Å². The van der Waals surface area contributed by atoms with Gasteiger partial charge in [0.15, 0.2) is 23.9 Å². The highest BCUT2D eigenvalue weighted by molar-refractivity contribution is 6.35. The van der Waals surface area contributed by atoms with Gasteiger partial charge in [-0.2, -0.15) is 0 Å². The molecule has 3 aromatic carbocycles. The van der Waals surface area contributed by atoms with E-state index in [-0.39, 0.29) is 30.6 Å². The lowest BCUT2D eigenvalue weighted by atomic mass is 9.86. The van der Waals surface area contributed by atoms with Crippen molar-refractivity contribution in [2.24, 2.45) is 5.92 Å². The Morgan fingerprint density at radius 3 is 2.20 bits per heavy atom. The van der Waals surface area contributed by atoms with E-state index in [0.29, 0.717) is 44.2 Å². The second kappa shape index (κ2) is 16.4. The third-order valence-corrected chi connectivity index (χ3v) is 9.76. The van der Waals surface area contributed by atoms with Gasteiger partial charge < -0.3 is 24.4 Å². The van der Waals surface area contributed by atoms with Gasteiger partial charge in [-0.25, -0.2) is 14.6 Å². The number of esters is 1. The minimum atomic E-state index is -0.746. The molecule has 3 fully saturated rings. The summed E-state index contributed by atoms with van der Waals surface area (Å²) in [6, 6.07) is 21.8. The van der Waals surface area contributed by atoms with Crippen LogP contribution in [0.3, 0.4) is 0 Å². The van der Waals surface area contributed by atoms with Crippen LogP contribution in [0.25, 0.3) is 0 Å². The second-order valence-corrected chi connectivity index (χ2v) is 12.8. The summed E-state index contributed by atoms with van der Waals surface area (Å²) in [6.07, 6.45) is 4.35. The topological polar surface area (TPSA) is 122 Å². The van der Waals surface area contributed by atoms with Crippen molar-refractivity contribution in [3.8, 4) is 11.5 Å². The van der Waals surface area contributed by atoms with E-state index < -0.39 is 12.1 Å². The van der Waals surface area contributed by atoms with E-state index in [4.69, 9.17) is 42.1 Å². The molecule has 3 aliphatic rings. The van der Waals surface area contributed by atoms with Crippen molar-refractivity contribution < 1.29 is 39.0 Å². The summed E-state index contributed by atoms with van der Waals surface area (Å²) in [5.41, 5.74) is 3.23. The molecule has 3 aliphatic heterocycles. The van der Waals surface area contributed by atoms with Gasteiger partial charge in [-0.1, -0.05) is 59.6 Å². The number of hydrogen-bond donors (Lipinski definition) is 0. The third-order valence-electron chi connectivity index (χ3n) is 9.08. The number of halogens is 2. The quantitative estimate of drug-likeness (QED) is 0.152. The molecular weight excluding hydrogens is 669 g/mol. The molecule has 258 valence electrons. The van der Waals surface area contributed by atoms with E-state index in [9.17, 15) is 9.59 Å². The van der Waals surface area contributed by atoms with Crippen LogP contribution in [-0.2, 0) is 22.4 Å². The Bertz CT molecular complexity index is 1710. The molecule has 1 aromatic heterocycles. The Balaban J connectivity index is 0.00000468. The number of piperidine rings is 3. The summed E-state index contributed by atoms with van der Waals surface area (Å²) in [5, 5.41) is 0.840. The van der Waals surface area contributed by atoms with Crippen molar-refractivity contribution in [2.45, 2.75) is 38.0 Å². The Kier molecular flexibility index (Phi) is 12.0. The molecule has 10 nitrogen and oxygen atoms in total. The molecule has 4 aromatic rings. The molecule has 3 saturated heterocycles. The Labute approximate surface area is 295 Å². The highest BCUT2D eigenvalue weighted by Crippen LogP contribution is 2.36. The number of H-pyrrole nitrogens is 1. The number of nitrogens with zero attached hydrogens (tertiary/aromatic N) is 2. The predicted octanol–water partition coefficient (Wildman–Crippen LogP) is 7.03. The molecule has 2 N–H and O–H groups in total. The van der Waals surface area contributed by atoms with Gasteiger partial charge in [0.2, 0.25) is 0 Å². The molecule has 4 heterocycles. The average molecular weight is 709 g/mol. The van der Waals surface area contributed by atoms with E-state index in [0.717, 1.165) is 43.7 Å². The molecule has 2 bridgehead atoms. The predicted molar refractivity (Wildman–Crippen MR) is 185 cm³/mol. The number of amides is 1. The van der Waals surface area contributed by atoms with Crippen LogP contribution in [-0.4, -0.2) is 62.4 Å². The zero-order valence-corrected chi connectivity index (χ0v) is 28.8. The number of pyridine rings is 1. The number of benzene rings is 3. The lowest BCUT2D eigenvalue weighted by molar-refractivity contribution is -0.377. The number of nitrogens with one attached hydrogen (secondary N) is 1. The van der Waals surface area contributed by atoms with Crippen molar-refractivity contribution in [1.29, 1.82) is 0 Å². The molecule has 0 unspecified atom stereocenters. The minimum Gasteiger partial charge on any atom is -0.870 e. The van der Waals surface area contributed by atoms with Crippen LogP contribution in [0.5, 0.6) is 11.5 Å². The summed E-state index contributed by atoms with van der Waals surface area (Å²) in [5.74, 6) is 0.910. The summed E-state index contributed by atoms with van der Waals surface area (Å²) < 4.78 is 23.1. The zero-order valence-electron chi connectivity index (χ0n) is 27.3. The first-order valence-electron chi connectivity index (χ1n) is 15.9. The van der Waals surface area contributed by atoms with Gasteiger partial charge in [-0.05, 0) is 79.4 Å².